The number of hydrogen-bond donors (Lipinski definition) is 0. The average Bonchev–Trinajstić information content (AvgIpc) is 2.14. The van der Waals surface area contributed by atoms with E-state index in [0.717, 1.165) is 29.6 Å². The first-order valence-corrected chi connectivity index (χ1v) is 6.41. The number of hydrogen-bond acceptors (Lipinski definition) is 0. The molecule has 0 saturated carbocycles. The highest BCUT2D eigenvalue weighted by atomic mass is 14.3. The van der Waals surface area contributed by atoms with Crippen LogP contribution in [0.1, 0.15) is 61.3 Å². The van der Waals surface area contributed by atoms with E-state index >= 15 is 0 Å². The maximum absolute atomic E-state index is 2.43. The fourth-order valence-electron chi connectivity index (χ4n) is 2.32. The van der Waals surface area contributed by atoms with Gasteiger partial charge in [0.05, 0.1) is 0 Å². The SMILES string of the molecule is CCCC(C)C(C)C(C)C(C)C(C)C. The zero-order chi connectivity index (χ0) is 11.3. The Hall–Kier alpha value is 0. The predicted molar refractivity (Wildman–Crippen MR) is 66.4 cm³/mol. The summed E-state index contributed by atoms with van der Waals surface area (Å²) in [5.74, 6) is 4.28. The first kappa shape index (κ1) is 14.0. The van der Waals surface area contributed by atoms with Crippen molar-refractivity contribution in [3.05, 3.63) is 0 Å². The van der Waals surface area contributed by atoms with Gasteiger partial charge >= 0.3 is 0 Å². The predicted octanol–water partition coefficient (Wildman–Crippen LogP) is 4.99. The summed E-state index contributed by atoms with van der Waals surface area (Å²) in [5.41, 5.74) is 0. The lowest BCUT2D eigenvalue weighted by Crippen LogP contribution is -2.25. The van der Waals surface area contributed by atoms with Gasteiger partial charge < -0.3 is 0 Å². The zero-order valence-corrected chi connectivity index (χ0v) is 11.3. The Morgan fingerprint density at radius 2 is 1.21 bits per heavy atom. The van der Waals surface area contributed by atoms with Crippen molar-refractivity contribution in [2.45, 2.75) is 61.3 Å². The molecule has 0 amide bonds. The van der Waals surface area contributed by atoms with Crippen molar-refractivity contribution >= 4 is 0 Å². The fourth-order valence-corrected chi connectivity index (χ4v) is 2.32. The van der Waals surface area contributed by atoms with E-state index in [2.05, 4.69) is 48.5 Å². The highest BCUT2D eigenvalue weighted by molar-refractivity contribution is 4.74. The van der Waals surface area contributed by atoms with Crippen LogP contribution in [0.4, 0.5) is 0 Å². The van der Waals surface area contributed by atoms with Crippen LogP contribution in [0.3, 0.4) is 0 Å². The van der Waals surface area contributed by atoms with Gasteiger partial charge in [-0.15, -0.1) is 0 Å². The van der Waals surface area contributed by atoms with E-state index in [4.69, 9.17) is 0 Å². The second kappa shape index (κ2) is 6.48. The molecule has 0 aliphatic carbocycles. The molecule has 4 unspecified atom stereocenters. The van der Waals surface area contributed by atoms with Crippen molar-refractivity contribution in [2.24, 2.45) is 29.6 Å². The molecule has 0 N–H and O–H groups in total. The summed E-state index contributed by atoms with van der Waals surface area (Å²) in [4.78, 5) is 0. The van der Waals surface area contributed by atoms with Crippen LogP contribution in [0.2, 0.25) is 0 Å². The van der Waals surface area contributed by atoms with Crippen LogP contribution in [-0.2, 0) is 0 Å². The van der Waals surface area contributed by atoms with Crippen LogP contribution >= 0.6 is 0 Å². The molecular weight excluding hydrogens is 168 g/mol. The molecule has 0 nitrogen and oxygen atoms in total. The summed E-state index contributed by atoms with van der Waals surface area (Å²) in [5, 5.41) is 0. The third-order valence-electron chi connectivity index (χ3n) is 4.35. The van der Waals surface area contributed by atoms with Gasteiger partial charge in [-0.2, -0.15) is 0 Å². The molecule has 0 bridgehead atoms. The van der Waals surface area contributed by atoms with E-state index in [0.29, 0.717) is 0 Å². The molecule has 86 valence electrons. The average molecular weight is 198 g/mol. The van der Waals surface area contributed by atoms with Gasteiger partial charge in [0.15, 0.2) is 0 Å². The van der Waals surface area contributed by atoms with Gasteiger partial charge in [0.25, 0.3) is 0 Å². The third kappa shape index (κ3) is 4.02. The van der Waals surface area contributed by atoms with Crippen LogP contribution in [-0.4, -0.2) is 0 Å². The van der Waals surface area contributed by atoms with Crippen LogP contribution < -0.4 is 0 Å². The molecule has 0 radical (unpaired) electrons. The Morgan fingerprint density at radius 3 is 1.57 bits per heavy atom. The minimum atomic E-state index is 0.821. The van der Waals surface area contributed by atoms with Gasteiger partial charge in [-0.1, -0.05) is 61.3 Å². The molecule has 0 fully saturated rings. The van der Waals surface area contributed by atoms with Crippen molar-refractivity contribution in [2.75, 3.05) is 0 Å². The Balaban J connectivity index is 4.15. The zero-order valence-electron chi connectivity index (χ0n) is 11.3. The summed E-state index contributed by atoms with van der Waals surface area (Å²) < 4.78 is 0. The minimum Gasteiger partial charge on any atom is -0.0654 e. The molecule has 0 spiro atoms. The molecule has 0 heteroatoms. The fraction of sp³-hybridized carbons (Fsp3) is 1.00. The molecule has 0 rings (SSSR count). The van der Waals surface area contributed by atoms with Crippen molar-refractivity contribution in [3.63, 3.8) is 0 Å². The molecule has 14 heavy (non-hydrogen) atoms. The Bertz CT molecular complexity index is 137. The summed E-state index contributed by atoms with van der Waals surface area (Å²) in [6, 6.07) is 0. The third-order valence-corrected chi connectivity index (χ3v) is 4.35. The van der Waals surface area contributed by atoms with Gasteiger partial charge in [-0.3, -0.25) is 0 Å². The van der Waals surface area contributed by atoms with E-state index in [1.54, 1.807) is 0 Å². The summed E-state index contributed by atoms with van der Waals surface area (Å²) in [6.07, 6.45) is 2.71. The second-order valence-corrected chi connectivity index (χ2v) is 5.59. The first-order valence-electron chi connectivity index (χ1n) is 6.41. The van der Waals surface area contributed by atoms with Gasteiger partial charge in [-0.25, -0.2) is 0 Å². The highest BCUT2D eigenvalue weighted by Crippen LogP contribution is 2.32. The lowest BCUT2D eigenvalue weighted by Gasteiger charge is -2.32. The van der Waals surface area contributed by atoms with Gasteiger partial charge in [-0.05, 0) is 29.6 Å². The molecule has 0 saturated heterocycles. The molecular formula is C14H30. The molecule has 4 atom stereocenters. The Labute approximate surface area is 91.5 Å². The van der Waals surface area contributed by atoms with Crippen LogP contribution in [0, 0.1) is 29.6 Å². The first-order chi connectivity index (χ1) is 6.41. The van der Waals surface area contributed by atoms with Crippen molar-refractivity contribution in [3.8, 4) is 0 Å². The molecule has 0 aromatic heterocycles. The van der Waals surface area contributed by atoms with E-state index in [1.807, 2.05) is 0 Å². The van der Waals surface area contributed by atoms with Gasteiger partial charge in [0.2, 0.25) is 0 Å². The second-order valence-electron chi connectivity index (χ2n) is 5.59. The monoisotopic (exact) mass is 198 g/mol. The van der Waals surface area contributed by atoms with Crippen LogP contribution in [0.15, 0.2) is 0 Å². The van der Waals surface area contributed by atoms with E-state index in [9.17, 15) is 0 Å². The van der Waals surface area contributed by atoms with Crippen LogP contribution in [0.5, 0.6) is 0 Å². The van der Waals surface area contributed by atoms with Crippen molar-refractivity contribution < 1.29 is 0 Å². The summed E-state index contributed by atoms with van der Waals surface area (Å²) >= 11 is 0. The van der Waals surface area contributed by atoms with E-state index < -0.39 is 0 Å². The standard InChI is InChI=1S/C14H30/c1-8-9-11(4)13(6)14(7)12(5)10(2)3/h10-14H,8-9H2,1-7H3. The van der Waals surface area contributed by atoms with Gasteiger partial charge in [0, 0.05) is 0 Å². The van der Waals surface area contributed by atoms with Crippen molar-refractivity contribution in [1.29, 1.82) is 0 Å². The molecule has 0 aliphatic heterocycles. The van der Waals surface area contributed by atoms with E-state index in [1.165, 1.54) is 12.8 Å². The highest BCUT2D eigenvalue weighted by Gasteiger charge is 2.24. The lowest BCUT2D eigenvalue weighted by molar-refractivity contribution is 0.170. The topological polar surface area (TPSA) is 0 Å². The van der Waals surface area contributed by atoms with Gasteiger partial charge in [0.1, 0.15) is 0 Å². The molecule has 0 aromatic carbocycles. The van der Waals surface area contributed by atoms with Crippen molar-refractivity contribution in [1.82, 2.24) is 0 Å². The number of rotatable bonds is 6. The minimum absolute atomic E-state index is 0.821. The normalized spacial score (nSPS) is 20.6. The molecule has 0 heterocycles. The summed E-state index contributed by atoms with van der Waals surface area (Å²) in [7, 11) is 0. The quantitative estimate of drug-likeness (QED) is 0.564. The largest absolute Gasteiger partial charge is 0.0654 e. The van der Waals surface area contributed by atoms with Crippen LogP contribution in [0.25, 0.3) is 0 Å². The lowest BCUT2D eigenvalue weighted by atomic mass is 9.73. The summed E-state index contributed by atoms with van der Waals surface area (Å²) in [6.45, 7) is 16.7. The maximum Gasteiger partial charge on any atom is -0.0386 e. The van der Waals surface area contributed by atoms with E-state index in [-0.39, 0.29) is 0 Å². The Morgan fingerprint density at radius 1 is 0.714 bits per heavy atom. The molecule has 0 aliphatic rings. The Kier molecular flexibility index (Phi) is 6.48. The molecule has 0 aromatic rings. The maximum atomic E-state index is 2.43. The smallest absolute Gasteiger partial charge is 0.0386 e.